The Kier molecular flexibility index (Phi) is 5.83. The first-order valence-corrected chi connectivity index (χ1v) is 7.67. The van der Waals surface area contributed by atoms with Gasteiger partial charge in [0.1, 0.15) is 11.3 Å². The lowest BCUT2D eigenvalue weighted by molar-refractivity contribution is -0.385. The van der Waals surface area contributed by atoms with E-state index in [9.17, 15) is 28.1 Å². The first-order chi connectivity index (χ1) is 11.7. The number of nitro groups is 1. The van der Waals surface area contributed by atoms with Crippen molar-refractivity contribution in [3.8, 4) is 5.75 Å². The highest BCUT2D eigenvalue weighted by Gasteiger charge is 2.35. The van der Waals surface area contributed by atoms with Gasteiger partial charge in [-0.3, -0.25) is 15.0 Å². The average Bonchev–Trinajstić information content (AvgIpc) is 3.00. The highest BCUT2D eigenvalue weighted by atomic mass is 19.4. The minimum Gasteiger partial charge on any atom is -0.462 e. The Bertz CT molecular complexity index is 657. The van der Waals surface area contributed by atoms with Crippen LogP contribution in [-0.4, -0.2) is 41.9 Å². The summed E-state index contributed by atoms with van der Waals surface area (Å²) >= 11 is 0. The Morgan fingerprint density at radius 2 is 1.96 bits per heavy atom. The molecule has 1 aromatic carbocycles. The van der Waals surface area contributed by atoms with Crippen LogP contribution in [-0.2, 0) is 11.3 Å². The van der Waals surface area contributed by atoms with Crippen molar-refractivity contribution < 1.29 is 32.4 Å². The van der Waals surface area contributed by atoms with Crippen LogP contribution in [0.5, 0.6) is 5.75 Å². The van der Waals surface area contributed by atoms with Gasteiger partial charge in [-0.15, -0.1) is 13.2 Å². The predicted octanol–water partition coefficient (Wildman–Crippen LogP) is 3.27. The van der Waals surface area contributed by atoms with Gasteiger partial charge in [-0.05, 0) is 32.9 Å². The van der Waals surface area contributed by atoms with Crippen LogP contribution in [0.25, 0.3) is 0 Å². The summed E-state index contributed by atoms with van der Waals surface area (Å²) < 4.78 is 46.7. The van der Waals surface area contributed by atoms with Crippen LogP contribution in [0.15, 0.2) is 12.1 Å². The third kappa shape index (κ3) is 5.05. The van der Waals surface area contributed by atoms with E-state index in [0.717, 1.165) is 25.0 Å². The van der Waals surface area contributed by atoms with E-state index in [4.69, 9.17) is 0 Å². The maximum atomic E-state index is 12.7. The van der Waals surface area contributed by atoms with Crippen molar-refractivity contribution >= 4 is 11.7 Å². The smallest absolute Gasteiger partial charge is 0.462 e. The Balaban J connectivity index is 2.48. The number of hydrogen-bond donors (Lipinski definition) is 0. The second-order valence-corrected chi connectivity index (χ2v) is 5.49. The molecule has 0 amide bonds. The molecule has 0 N–H and O–H groups in total. The molecular weight excluding hydrogens is 345 g/mol. The minimum atomic E-state index is -4.98. The third-order valence-corrected chi connectivity index (χ3v) is 3.69. The molecule has 7 nitrogen and oxygen atoms in total. The van der Waals surface area contributed by atoms with E-state index in [-0.39, 0.29) is 18.7 Å². The van der Waals surface area contributed by atoms with Gasteiger partial charge < -0.3 is 9.47 Å². The fraction of sp³-hybridized carbons (Fsp3) is 0.533. The predicted molar refractivity (Wildman–Crippen MR) is 80.2 cm³/mol. The number of likely N-dealkylation sites (tertiary alicyclic amines) is 1. The van der Waals surface area contributed by atoms with Crippen molar-refractivity contribution in [1.29, 1.82) is 0 Å². The highest BCUT2D eigenvalue weighted by Crippen LogP contribution is 2.34. The van der Waals surface area contributed by atoms with Gasteiger partial charge in [-0.1, -0.05) is 0 Å². The van der Waals surface area contributed by atoms with Gasteiger partial charge >= 0.3 is 12.3 Å². The topological polar surface area (TPSA) is 81.9 Å². The molecule has 1 aliphatic rings. The van der Waals surface area contributed by atoms with Crippen molar-refractivity contribution in [2.75, 3.05) is 19.7 Å². The van der Waals surface area contributed by atoms with Crippen LogP contribution >= 0.6 is 0 Å². The van der Waals surface area contributed by atoms with Gasteiger partial charge in [0, 0.05) is 24.2 Å². The molecule has 0 spiro atoms. The molecule has 0 unspecified atom stereocenters. The SMILES string of the molecule is CCOC(=O)c1cc(OC(F)(F)F)c(CN2CCCC2)cc1[N+](=O)[O-]. The number of rotatable bonds is 6. The minimum absolute atomic E-state index is 0.000950. The van der Waals surface area contributed by atoms with Crippen LogP contribution in [0.2, 0.25) is 0 Å². The third-order valence-electron chi connectivity index (χ3n) is 3.69. The molecule has 0 saturated carbocycles. The highest BCUT2D eigenvalue weighted by molar-refractivity contribution is 5.94. The fourth-order valence-corrected chi connectivity index (χ4v) is 2.66. The lowest BCUT2D eigenvalue weighted by Crippen LogP contribution is -2.23. The van der Waals surface area contributed by atoms with E-state index in [1.807, 2.05) is 4.90 Å². The summed E-state index contributed by atoms with van der Waals surface area (Å²) in [5.41, 5.74) is -1.18. The molecule has 1 saturated heterocycles. The summed E-state index contributed by atoms with van der Waals surface area (Å²) in [7, 11) is 0. The molecule has 138 valence electrons. The lowest BCUT2D eigenvalue weighted by Gasteiger charge is -2.19. The van der Waals surface area contributed by atoms with E-state index in [1.54, 1.807) is 0 Å². The van der Waals surface area contributed by atoms with Gasteiger partial charge in [0.15, 0.2) is 0 Å². The average molecular weight is 362 g/mol. The summed E-state index contributed by atoms with van der Waals surface area (Å²) in [4.78, 5) is 24.2. The Morgan fingerprint density at radius 1 is 1.32 bits per heavy atom. The van der Waals surface area contributed by atoms with Gasteiger partial charge in [0.05, 0.1) is 11.5 Å². The maximum absolute atomic E-state index is 12.7. The number of carbonyl (C=O) groups excluding carboxylic acids is 1. The first-order valence-electron chi connectivity index (χ1n) is 7.67. The fourth-order valence-electron chi connectivity index (χ4n) is 2.66. The molecule has 2 rings (SSSR count). The molecule has 1 aromatic rings. The molecular formula is C15H17F3N2O5. The number of nitrogens with zero attached hydrogens (tertiary/aromatic N) is 2. The van der Waals surface area contributed by atoms with Crippen LogP contribution in [0.1, 0.15) is 35.7 Å². The number of alkyl halides is 3. The van der Waals surface area contributed by atoms with Crippen molar-refractivity contribution in [2.45, 2.75) is 32.7 Å². The zero-order valence-electron chi connectivity index (χ0n) is 13.5. The second kappa shape index (κ2) is 7.68. The van der Waals surface area contributed by atoms with Gasteiger partial charge in [0.25, 0.3) is 5.69 Å². The molecule has 1 fully saturated rings. The second-order valence-electron chi connectivity index (χ2n) is 5.49. The number of hydrogen-bond acceptors (Lipinski definition) is 6. The molecule has 0 atom stereocenters. The Labute approximate surface area is 141 Å². The molecule has 1 heterocycles. The number of benzene rings is 1. The zero-order chi connectivity index (χ0) is 18.6. The number of esters is 1. The van der Waals surface area contributed by atoms with Gasteiger partial charge in [-0.2, -0.15) is 0 Å². The quantitative estimate of drug-likeness (QED) is 0.439. The van der Waals surface area contributed by atoms with Crippen molar-refractivity contribution in [3.05, 3.63) is 33.4 Å². The summed E-state index contributed by atoms with van der Waals surface area (Å²) in [6, 6.07) is 1.68. The Hall–Kier alpha value is -2.36. The molecule has 25 heavy (non-hydrogen) atoms. The standard InChI is InChI=1S/C15H17F3N2O5/c1-2-24-14(21)11-8-13(25-15(16,17)18)10(7-12(11)20(22)23)9-19-5-3-4-6-19/h7-8H,2-6,9H2,1H3. The van der Waals surface area contributed by atoms with Gasteiger partial charge in [-0.25, -0.2) is 4.79 Å². The van der Waals surface area contributed by atoms with Crippen LogP contribution < -0.4 is 4.74 Å². The number of halogens is 3. The van der Waals surface area contributed by atoms with Crippen molar-refractivity contribution in [3.63, 3.8) is 0 Å². The van der Waals surface area contributed by atoms with Crippen molar-refractivity contribution in [1.82, 2.24) is 4.90 Å². The molecule has 0 aliphatic carbocycles. The monoisotopic (exact) mass is 362 g/mol. The molecule has 0 radical (unpaired) electrons. The summed E-state index contributed by atoms with van der Waals surface area (Å²) in [5, 5.41) is 11.2. The number of nitro benzene ring substituents is 1. The normalized spacial score (nSPS) is 15.2. The maximum Gasteiger partial charge on any atom is 0.573 e. The number of ether oxygens (including phenoxy) is 2. The molecule has 0 bridgehead atoms. The Morgan fingerprint density at radius 3 is 2.48 bits per heavy atom. The largest absolute Gasteiger partial charge is 0.573 e. The lowest BCUT2D eigenvalue weighted by atomic mass is 10.1. The van der Waals surface area contributed by atoms with Crippen LogP contribution in [0, 0.1) is 10.1 Å². The summed E-state index contributed by atoms with van der Waals surface area (Å²) in [6.45, 7) is 2.84. The molecule has 0 aromatic heterocycles. The van der Waals surface area contributed by atoms with E-state index in [2.05, 4.69) is 9.47 Å². The van der Waals surface area contributed by atoms with Crippen molar-refractivity contribution in [2.24, 2.45) is 0 Å². The van der Waals surface area contributed by atoms with Gasteiger partial charge in [0.2, 0.25) is 0 Å². The summed E-state index contributed by atoms with van der Waals surface area (Å²) in [5.74, 6) is -1.71. The van der Waals surface area contributed by atoms with E-state index in [0.29, 0.717) is 13.1 Å². The molecule has 1 aliphatic heterocycles. The van der Waals surface area contributed by atoms with E-state index < -0.39 is 34.3 Å². The zero-order valence-corrected chi connectivity index (χ0v) is 13.5. The number of carbonyl (C=O) groups is 1. The van der Waals surface area contributed by atoms with E-state index >= 15 is 0 Å². The van der Waals surface area contributed by atoms with E-state index in [1.165, 1.54) is 6.92 Å². The van der Waals surface area contributed by atoms with Crippen LogP contribution in [0.3, 0.4) is 0 Å². The summed E-state index contributed by atoms with van der Waals surface area (Å²) in [6.07, 6.45) is -3.18. The van der Waals surface area contributed by atoms with Crippen LogP contribution in [0.4, 0.5) is 18.9 Å². The molecule has 10 heteroatoms. The first kappa shape index (κ1) is 19.0.